The summed E-state index contributed by atoms with van der Waals surface area (Å²) in [6.45, 7) is 1.91. The lowest BCUT2D eigenvalue weighted by Gasteiger charge is -2.20. The van der Waals surface area contributed by atoms with Crippen molar-refractivity contribution in [2.24, 2.45) is 5.92 Å². The highest BCUT2D eigenvalue weighted by Gasteiger charge is 2.32. The van der Waals surface area contributed by atoms with Crippen LogP contribution in [0.3, 0.4) is 0 Å². The predicted octanol–water partition coefficient (Wildman–Crippen LogP) is 4.70. The maximum Gasteiger partial charge on any atom is 0.146 e. The molecule has 1 nitrogen and oxygen atoms in total. The van der Waals surface area contributed by atoms with Gasteiger partial charge in [0, 0.05) is 0 Å². The van der Waals surface area contributed by atoms with Gasteiger partial charge < -0.3 is 5.32 Å². The van der Waals surface area contributed by atoms with Crippen LogP contribution in [0, 0.1) is 18.7 Å². The third-order valence-electron chi connectivity index (χ3n) is 3.69. The van der Waals surface area contributed by atoms with Gasteiger partial charge in [0.15, 0.2) is 0 Å². The van der Waals surface area contributed by atoms with Crippen LogP contribution in [0.25, 0.3) is 0 Å². The number of hydrogen-bond acceptors (Lipinski definition) is 1. The molecule has 0 spiro atoms. The fourth-order valence-electron chi connectivity index (χ4n) is 2.47. The minimum Gasteiger partial charge on any atom is -0.376 e. The van der Waals surface area contributed by atoms with Crippen molar-refractivity contribution in [3.8, 4) is 0 Å². The van der Waals surface area contributed by atoms with E-state index in [-0.39, 0.29) is 11.9 Å². The molecule has 1 aliphatic rings. The number of halogens is 1. The molecule has 1 atom stereocenters. The molecule has 1 fully saturated rings. The Hall–Kier alpha value is -1.83. The number of rotatable bonds is 4. The molecule has 0 amide bonds. The molecule has 0 radical (unpaired) electrons. The van der Waals surface area contributed by atoms with Crippen LogP contribution in [-0.4, -0.2) is 0 Å². The van der Waals surface area contributed by atoms with Crippen LogP contribution in [0.5, 0.6) is 0 Å². The summed E-state index contributed by atoms with van der Waals surface area (Å²) in [5, 5.41) is 3.38. The molecule has 0 aromatic heterocycles. The summed E-state index contributed by atoms with van der Waals surface area (Å²) in [7, 11) is 0. The monoisotopic (exact) mass is 255 g/mol. The van der Waals surface area contributed by atoms with Crippen LogP contribution in [0.1, 0.15) is 30.0 Å². The molecule has 2 aromatic carbocycles. The Labute approximate surface area is 113 Å². The molecule has 2 heteroatoms. The second-order valence-corrected chi connectivity index (χ2v) is 5.35. The molecule has 0 aliphatic heterocycles. The van der Waals surface area contributed by atoms with Crippen LogP contribution in [0.15, 0.2) is 48.5 Å². The van der Waals surface area contributed by atoms with Crippen molar-refractivity contribution in [2.75, 3.05) is 5.32 Å². The third kappa shape index (κ3) is 2.78. The lowest BCUT2D eigenvalue weighted by Crippen LogP contribution is -2.13. The van der Waals surface area contributed by atoms with Gasteiger partial charge in [-0.05, 0) is 48.9 Å². The largest absolute Gasteiger partial charge is 0.376 e. The van der Waals surface area contributed by atoms with Gasteiger partial charge in [0.25, 0.3) is 0 Å². The zero-order valence-corrected chi connectivity index (χ0v) is 11.1. The molecule has 0 heterocycles. The van der Waals surface area contributed by atoms with E-state index in [9.17, 15) is 4.39 Å². The van der Waals surface area contributed by atoms with Crippen molar-refractivity contribution in [1.29, 1.82) is 0 Å². The van der Waals surface area contributed by atoms with Gasteiger partial charge in [-0.15, -0.1) is 0 Å². The lowest BCUT2D eigenvalue weighted by molar-refractivity contribution is 0.615. The molecule has 98 valence electrons. The summed E-state index contributed by atoms with van der Waals surface area (Å²) < 4.78 is 13.9. The van der Waals surface area contributed by atoms with E-state index in [4.69, 9.17) is 0 Å². The molecule has 2 aromatic rings. The summed E-state index contributed by atoms with van der Waals surface area (Å²) in [6, 6.07) is 15.9. The maximum absolute atomic E-state index is 13.9. The van der Waals surface area contributed by atoms with E-state index in [1.807, 2.05) is 37.3 Å². The molecule has 19 heavy (non-hydrogen) atoms. The smallest absolute Gasteiger partial charge is 0.146 e. The van der Waals surface area contributed by atoms with E-state index in [0.717, 1.165) is 5.56 Å². The van der Waals surface area contributed by atoms with Gasteiger partial charge in [0.05, 0.1) is 11.7 Å². The summed E-state index contributed by atoms with van der Waals surface area (Å²) in [6.07, 6.45) is 2.44. The number of anilines is 1. The first-order valence-corrected chi connectivity index (χ1v) is 6.81. The highest BCUT2D eigenvalue weighted by Crippen LogP contribution is 2.43. The summed E-state index contributed by atoms with van der Waals surface area (Å²) in [5.41, 5.74) is 2.79. The number of aryl methyl sites for hydroxylation is 1. The van der Waals surface area contributed by atoms with Gasteiger partial charge in [-0.3, -0.25) is 0 Å². The SMILES string of the molecule is Cc1ccc(NC(c2ccccc2)C2CC2)c(F)c1. The van der Waals surface area contributed by atoms with Crippen molar-refractivity contribution in [3.63, 3.8) is 0 Å². The molecule has 0 bridgehead atoms. The van der Waals surface area contributed by atoms with Crippen LogP contribution < -0.4 is 5.32 Å². The van der Waals surface area contributed by atoms with Gasteiger partial charge in [-0.2, -0.15) is 0 Å². The van der Waals surface area contributed by atoms with E-state index in [0.29, 0.717) is 11.6 Å². The Morgan fingerprint density at radius 1 is 1.11 bits per heavy atom. The van der Waals surface area contributed by atoms with Crippen molar-refractivity contribution < 1.29 is 4.39 Å². The average Bonchev–Trinajstić information content (AvgIpc) is 3.23. The van der Waals surface area contributed by atoms with Crippen molar-refractivity contribution in [3.05, 3.63) is 65.5 Å². The minimum absolute atomic E-state index is 0.165. The van der Waals surface area contributed by atoms with Crippen molar-refractivity contribution in [1.82, 2.24) is 0 Å². The Kier molecular flexibility index (Phi) is 3.24. The van der Waals surface area contributed by atoms with Gasteiger partial charge >= 0.3 is 0 Å². The normalized spacial score (nSPS) is 16.1. The fourth-order valence-corrected chi connectivity index (χ4v) is 2.47. The van der Waals surface area contributed by atoms with Gasteiger partial charge in [-0.25, -0.2) is 4.39 Å². The van der Waals surface area contributed by atoms with Crippen LogP contribution >= 0.6 is 0 Å². The van der Waals surface area contributed by atoms with E-state index >= 15 is 0 Å². The van der Waals surface area contributed by atoms with E-state index in [1.54, 1.807) is 6.07 Å². The third-order valence-corrected chi connectivity index (χ3v) is 3.69. The highest BCUT2D eigenvalue weighted by molar-refractivity contribution is 5.48. The Bertz CT molecular complexity index is 561. The Morgan fingerprint density at radius 2 is 1.84 bits per heavy atom. The minimum atomic E-state index is -0.165. The molecule has 1 saturated carbocycles. The number of hydrogen-bond donors (Lipinski definition) is 1. The maximum atomic E-state index is 13.9. The topological polar surface area (TPSA) is 12.0 Å². The van der Waals surface area contributed by atoms with E-state index in [1.165, 1.54) is 18.4 Å². The Morgan fingerprint density at radius 3 is 2.47 bits per heavy atom. The first-order chi connectivity index (χ1) is 9.24. The fraction of sp³-hybridized carbons (Fsp3) is 0.294. The van der Waals surface area contributed by atoms with Gasteiger partial charge in [-0.1, -0.05) is 36.4 Å². The van der Waals surface area contributed by atoms with E-state index < -0.39 is 0 Å². The zero-order valence-electron chi connectivity index (χ0n) is 11.1. The lowest BCUT2D eigenvalue weighted by atomic mass is 10.0. The second kappa shape index (κ2) is 5.04. The highest BCUT2D eigenvalue weighted by atomic mass is 19.1. The summed E-state index contributed by atoms with van der Waals surface area (Å²) >= 11 is 0. The summed E-state index contributed by atoms with van der Waals surface area (Å²) in [4.78, 5) is 0. The molecule has 3 rings (SSSR count). The average molecular weight is 255 g/mol. The first-order valence-electron chi connectivity index (χ1n) is 6.81. The van der Waals surface area contributed by atoms with Gasteiger partial charge in [0.1, 0.15) is 5.82 Å². The quantitative estimate of drug-likeness (QED) is 0.835. The second-order valence-electron chi connectivity index (χ2n) is 5.35. The van der Waals surface area contributed by atoms with Crippen molar-refractivity contribution >= 4 is 5.69 Å². The molecule has 1 unspecified atom stereocenters. The van der Waals surface area contributed by atoms with Crippen LogP contribution in [-0.2, 0) is 0 Å². The number of benzene rings is 2. The standard InChI is InChI=1S/C17H18FN/c1-12-7-10-16(15(18)11-12)19-17(14-8-9-14)13-5-3-2-4-6-13/h2-7,10-11,14,17,19H,8-9H2,1H3. The molecule has 1 aliphatic carbocycles. The molecule has 1 N–H and O–H groups in total. The van der Waals surface area contributed by atoms with Crippen molar-refractivity contribution in [2.45, 2.75) is 25.8 Å². The first kappa shape index (κ1) is 12.2. The van der Waals surface area contributed by atoms with Crippen LogP contribution in [0.4, 0.5) is 10.1 Å². The summed E-state index contributed by atoms with van der Waals surface area (Å²) in [5.74, 6) is 0.463. The predicted molar refractivity (Wildman–Crippen MR) is 76.7 cm³/mol. The van der Waals surface area contributed by atoms with E-state index in [2.05, 4.69) is 17.4 Å². The zero-order chi connectivity index (χ0) is 13.2. The Balaban J connectivity index is 1.86. The molecular formula is C17H18FN. The van der Waals surface area contributed by atoms with Crippen LogP contribution in [0.2, 0.25) is 0 Å². The number of nitrogens with one attached hydrogen (secondary N) is 1. The molecular weight excluding hydrogens is 237 g/mol. The van der Waals surface area contributed by atoms with Gasteiger partial charge in [0.2, 0.25) is 0 Å². The molecule has 0 saturated heterocycles.